The molecule has 3 atom stereocenters. The number of amides is 2. The third kappa shape index (κ3) is 3.23. The van der Waals surface area contributed by atoms with Crippen LogP contribution in [0.25, 0.3) is 11.1 Å². The van der Waals surface area contributed by atoms with E-state index in [4.69, 9.17) is 4.74 Å². The van der Waals surface area contributed by atoms with E-state index in [1.165, 1.54) is 0 Å². The molecule has 1 heterocycles. The van der Waals surface area contributed by atoms with E-state index in [-0.39, 0.29) is 30.9 Å². The van der Waals surface area contributed by atoms with Crippen molar-refractivity contribution in [2.75, 3.05) is 19.7 Å². The topological polar surface area (TPSA) is 95.9 Å². The first kappa shape index (κ1) is 20.5. The van der Waals surface area contributed by atoms with Gasteiger partial charge in [-0.25, -0.2) is 4.79 Å². The Bertz CT molecular complexity index is 1050. The molecule has 1 saturated heterocycles. The first-order valence-corrected chi connectivity index (χ1v) is 11.1. The lowest BCUT2D eigenvalue weighted by atomic mass is 9.98. The maximum atomic E-state index is 12.9. The Morgan fingerprint density at radius 3 is 2.31 bits per heavy atom. The van der Waals surface area contributed by atoms with Gasteiger partial charge in [-0.2, -0.15) is 0 Å². The van der Waals surface area contributed by atoms with Crippen LogP contribution in [0.5, 0.6) is 0 Å². The van der Waals surface area contributed by atoms with E-state index in [0.717, 1.165) is 22.3 Å². The van der Waals surface area contributed by atoms with Gasteiger partial charge in [0.25, 0.3) is 0 Å². The van der Waals surface area contributed by atoms with Crippen molar-refractivity contribution in [2.24, 2.45) is 11.3 Å². The molecule has 2 aromatic rings. The summed E-state index contributed by atoms with van der Waals surface area (Å²) < 4.78 is 5.56. The number of carbonyl (C=O) groups excluding carboxylic acids is 2. The predicted molar refractivity (Wildman–Crippen MR) is 117 cm³/mol. The Morgan fingerprint density at radius 2 is 1.75 bits per heavy atom. The molecule has 7 nitrogen and oxygen atoms in total. The number of carboxylic acid groups (broad SMARTS) is 1. The number of ether oxygens (including phenoxy) is 1. The van der Waals surface area contributed by atoms with Gasteiger partial charge in [0, 0.05) is 19.0 Å². The lowest BCUT2D eigenvalue weighted by molar-refractivity contribution is -0.144. The summed E-state index contributed by atoms with van der Waals surface area (Å²) in [6.45, 7) is 2.65. The van der Waals surface area contributed by atoms with Gasteiger partial charge < -0.3 is 20.1 Å². The molecule has 1 aliphatic heterocycles. The molecular formula is C25H26N2O5. The van der Waals surface area contributed by atoms with E-state index in [1.807, 2.05) is 31.2 Å². The number of likely N-dealkylation sites (tertiary alicyclic amines) is 1. The van der Waals surface area contributed by atoms with Gasteiger partial charge in [0.1, 0.15) is 12.6 Å². The number of rotatable bonds is 6. The standard InChI is InChI=1S/C25H26N2O5/c1-2-21(22(28)27-12-15-11-25(15,14-27)23(29)30)26-24(31)32-13-20-18-9-5-3-7-16(18)17-8-4-6-10-19(17)20/h3-10,15,20-21H,2,11-14H2,1H3,(H,26,31)(H,29,30)/t15?,21-,25?/m1/s1. The van der Waals surface area contributed by atoms with E-state index in [9.17, 15) is 19.5 Å². The van der Waals surface area contributed by atoms with Crippen LogP contribution >= 0.6 is 0 Å². The van der Waals surface area contributed by atoms with Gasteiger partial charge in [-0.15, -0.1) is 0 Å². The van der Waals surface area contributed by atoms with Gasteiger partial charge in [0.05, 0.1) is 5.41 Å². The second-order valence-corrected chi connectivity index (χ2v) is 9.01. The lowest BCUT2D eigenvalue weighted by Gasteiger charge is -2.25. The number of benzene rings is 2. The van der Waals surface area contributed by atoms with Gasteiger partial charge >= 0.3 is 12.1 Å². The number of nitrogens with zero attached hydrogens (tertiary/aromatic N) is 1. The average molecular weight is 434 g/mol. The number of nitrogens with one attached hydrogen (secondary N) is 1. The zero-order chi connectivity index (χ0) is 22.5. The van der Waals surface area contributed by atoms with Crippen LogP contribution in [0.15, 0.2) is 48.5 Å². The molecule has 0 radical (unpaired) electrons. The van der Waals surface area contributed by atoms with Crippen molar-refractivity contribution in [3.63, 3.8) is 0 Å². The Kier molecular flexibility index (Phi) is 4.92. The van der Waals surface area contributed by atoms with Gasteiger partial charge in [-0.05, 0) is 41.0 Å². The highest BCUT2D eigenvalue weighted by molar-refractivity contribution is 5.88. The fourth-order valence-corrected chi connectivity index (χ4v) is 5.32. The maximum Gasteiger partial charge on any atom is 0.407 e. The lowest BCUT2D eigenvalue weighted by Crippen LogP contribution is -2.49. The molecule has 7 heteroatoms. The Morgan fingerprint density at radius 1 is 1.12 bits per heavy atom. The molecule has 32 heavy (non-hydrogen) atoms. The second kappa shape index (κ2) is 7.65. The van der Waals surface area contributed by atoms with Crippen LogP contribution < -0.4 is 5.32 Å². The van der Waals surface area contributed by atoms with Crippen molar-refractivity contribution in [3.05, 3.63) is 59.7 Å². The minimum Gasteiger partial charge on any atom is -0.481 e. The molecule has 2 aliphatic carbocycles. The highest BCUT2D eigenvalue weighted by Gasteiger charge is 2.66. The first-order chi connectivity index (χ1) is 15.4. The normalized spacial score (nSPS) is 23.7. The molecule has 166 valence electrons. The van der Waals surface area contributed by atoms with Crippen molar-refractivity contribution in [1.29, 1.82) is 0 Å². The van der Waals surface area contributed by atoms with Crippen LogP contribution in [-0.2, 0) is 14.3 Å². The molecule has 5 rings (SSSR count). The van der Waals surface area contributed by atoms with Crippen LogP contribution in [0.2, 0.25) is 0 Å². The number of carbonyl (C=O) groups is 3. The highest BCUT2D eigenvalue weighted by atomic mass is 16.5. The van der Waals surface area contributed by atoms with Crippen molar-refractivity contribution in [3.8, 4) is 11.1 Å². The quantitative estimate of drug-likeness (QED) is 0.728. The van der Waals surface area contributed by atoms with E-state index in [0.29, 0.717) is 19.4 Å². The molecule has 2 fully saturated rings. The molecule has 2 aromatic carbocycles. The van der Waals surface area contributed by atoms with Crippen molar-refractivity contribution in [1.82, 2.24) is 10.2 Å². The summed E-state index contributed by atoms with van der Waals surface area (Å²) in [5.74, 6) is -1.11. The van der Waals surface area contributed by atoms with Crippen LogP contribution in [0, 0.1) is 11.3 Å². The zero-order valence-corrected chi connectivity index (χ0v) is 17.9. The van der Waals surface area contributed by atoms with E-state index >= 15 is 0 Å². The summed E-state index contributed by atoms with van der Waals surface area (Å²) in [6, 6.07) is 15.5. The van der Waals surface area contributed by atoms with Gasteiger partial charge in [0.2, 0.25) is 5.91 Å². The Hall–Kier alpha value is -3.35. The minimum absolute atomic E-state index is 0.0240. The first-order valence-electron chi connectivity index (χ1n) is 11.1. The molecular weight excluding hydrogens is 408 g/mol. The fourth-order valence-electron chi connectivity index (χ4n) is 5.32. The maximum absolute atomic E-state index is 12.9. The molecule has 1 saturated carbocycles. The molecule has 2 unspecified atom stereocenters. The summed E-state index contributed by atoms with van der Waals surface area (Å²) in [4.78, 5) is 38.5. The summed E-state index contributed by atoms with van der Waals surface area (Å²) in [7, 11) is 0. The minimum atomic E-state index is -0.838. The second-order valence-electron chi connectivity index (χ2n) is 9.01. The summed E-state index contributed by atoms with van der Waals surface area (Å²) in [6.07, 6.45) is 0.400. The largest absolute Gasteiger partial charge is 0.481 e. The molecule has 2 amide bonds. The highest BCUT2D eigenvalue weighted by Crippen LogP contribution is 2.58. The van der Waals surface area contributed by atoms with Gasteiger partial charge in [0.15, 0.2) is 0 Å². The monoisotopic (exact) mass is 434 g/mol. The van der Waals surface area contributed by atoms with Gasteiger partial charge in [-0.3, -0.25) is 9.59 Å². The SMILES string of the molecule is CC[C@@H](NC(=O)OCC1c2ccccc2-c2ccccc21)C(=O)N1CC2CC2(C(=O)O)C1. The van der Waals surface area contributed by atoms with Crippen molar-refractivity contribution in [2.45, 2.75) is 31.7 Å². The van der Waals surface area contributed by atoms with Crippen LogP contribution in [0.4, 0.5) is 4.79 Å². The average Bonchev–Trinajstić information content (AvgIpc) is 3.23. The molecule has 2 N–H and O–H groups in total. The molecule has 0 aromatic heterocycles. The molecule has 3 aliphatic rings. The van der Waals surface area contributed by atoms with Crippen LogP contribution in [-0.4, -0.2) is 53.7 Å². The summed E-state index contributed by atoms with van der Waals surface area (Å²) >= 11 is 0. The van der Waals surface area contributed by atoms with Crippen molar-refractivity contribution < 1.29 is 24.2 Å². The van der Waals surface area contributed by atoms with E-state index < -0.39 is 23.5 Å². The smallest absolute Gasteiger partial charge is 0.407 e. The van der Waals surface area contributed by atoms with Crippen LogP contribution in [0.3, 0.4) is 0 Å². The third-order valence-electron chi connectivity index (χ3n) is 7.23. The van der Waals surface area contributed by atoms with Crippen molar-refractivity contribution >= 4 is 18.0 Å². The number of aliphatic carboxylic acids is 1. The predicted octanol–water partition coefficient (Wildman–Crippen LogP) is 3.24. The molecule has 0 bridgehead atoms. The zero-order valence-electron chi connectivity index (χ0n) is 17.9. The summed E-state index contributed by atoms with van der Waals surface area (Å²) in [5.41, 5.74) is 3.77. The summed E-state index contributed by atoms with van der Waals surface area (Å²) in [5, 5.41) is 12.1. The number of hydrogen-bond donors (Lipinski definition) is 2. The van der Waals surface area contributed by atoms with E-state index in [2.05, 4.69) is 29.6 Å². The number of hydrogen-bond acceptors (Lipinski definition) is 4. The number of carboxylic acids is 1. The van der Waals surface area contributed by atoms with E-state index in [1.54, 1.807) is 4.90 Å². The number of fused-ring (bicyclic) bond motifs is 4. The molecule has 0 spiro atoms. The third-order valence-corrected chi connectivity index (χ3v) is 7.23. The number of piperidine rings is 1. The fraction of sp³-hybridized carbons (Fsp3) is 0.400. The van der Waals surface area contributed by atoms with Gasteiger partial charge in [-0.1, -0.05) is 55.5 Å². The van der Waals surface area contributed by atoms with Crippen LogP contribution in [0.1, 0.15) is 36.8 Å². The number of alkyl carbamates (subject to hydrolysis) is 1. The Balaban J connectivity index is 1.21. The Labute approximate surface area is 186 Å².